The zero-order valence-electron chi connectivity index (χ0n) is 8.79. The second-order valence-corrected chi connectivity index (χ2v) is 5.41. The molecule has 0 bridgehead atoms. The van der Waals surface area contributed by atoms with Crippen LogP contribution in [-0.2, 0) is 24.7 Å². The molecule has 1 nitrogen and oxygen atoms in total. The molecule has 2 aliphatic carbocycles. The molecular weight excluding hydrogens is 263 g/mol. The number of allylic oxidation sites excluding steroid dienone is 8. The molecule has 2 rings (SSSR count). The van der Waals surface area contributed by atoms with E-state index in [1.807, 2.05) is 0 Å². The molecule has 0 fully saturated rings. The summed E-state index contributed by atoms with van der Waals surface area (Å²) in [6.07, 6.45) is 13.1. The van der Waals surface area contributed by atoms with Crippen LogP contribution in [0.4, 0.5) is 0 Å². The quantitative estimate of drug-likeness (QED) is 0.838. The Hall–Kier alpha value is -0.197. The van der Waals surface area contributed by atoms with Crippen molar-refractivity contribution >= 4 is 0 Å². The van der Waals surface area contributed by atoms with E-state index in [4.69, 9.17) is 5.11 Å². The van der Waals surface area contributed by atoms with E-state index in [0.29, 0.717) is 6.61 Å². The van der Waals surface area contributed by atoms with Crippen molar-refractivity contribution in [2.45, 2.75) is 25.7 Å². The summed E-state index contributed by atoms with van der Waals surface area (Å²) >= 11 is 1.53. The normalized spacial score (nSPS) is 19.7. The van der Waals surface area contributed by atoms with Crippen LogP contribution >= 0.6 is 0 Å². The van der Waals surface area contributed by atoms with Crippen molar-refractivity contribution in [3.63, 3.8) is 0 Å². The summed E-state index contributed by atoms with van der Waals surface area (Å²) in [5.41, 5.74) is 4.43. The Morgan fingerprint density at radius 3 is 2.87 bits per heavy atom. The molecule has 0 saturated carbocycles. The van der Waals surface area contributed by atoms with Crippen LogP contribution < -0.4 is 0 Å². The first-order chi connectivity index (χ1) is 7.33. The standard InChI is InChI=1S/C13H15O.Zr/c14-10-4-8-12-7-3-9-13(12)11-5-1-2-6-11;/h1-2,5,9,14H,3-4,6,8,10H2;. The maximum absolute atomic E-state index is 8.90. The predicted molar refractivity (Wildman–Crippen MR) is 57.9 cm³/mol. The summed E-state index contributed by atoms with van der Waals surface area (Å²) in [5, 5.41) is 8.90. The Labute approximate surface area is 106 Å². The van der Waals surface area contributed by atoms with Gasteiger partial charge in [0.1, 0.15) is 0 Å². The number of aliphatic hydroxyl groups excluding tert-OH is 1. The van der Waals surface area contributed by atoms with Crippen LogP contribution in [0.15, 0.2) is 44.3 Å². The molecule has 15 heavy (non-hydrogen) atoms. The second-order valence-electron chi connectivity index (χ2n) is 3.93. The molecule has 2 heteroatoms. The van der Waals surface area contributed by atoms with Gasteiger partial charge >= 0.3 is 106 Å². The first-order valence-corrected chi connectivity index (χ1v) is 6.67. The van der Waals surface area contributed by atoms with Gasteiger partial charge in [0.15, 0.2) is 0 Å². The van der Waals surface area contributed by atoms with Gasteiger partial charge in [0, 0.05) is 0 Å². The van der Waals surface area contributed by atoms with Crippen LogP contribution in [0.3, 0.4) is 0 Å². The monoisotopic (exact) mass is 277 g/mol. The first kappa shape index (κ1) is 11.3. The summed E-state index contributed by atoms with van der Waals surface area (Å²) in [6.45, 7) is 0.303. The van der Waals surface area contributed by atoms with Crippen LogP contribution in [0.1, 0.15) is 25.7 Å². The summed E-state index contributed by atoms with van der Waals surface area (Å²) in [4.78, 5) is 0. The molecule has 1 N–H and O–H groups in total. The van der Waals surface area contributed by atoms with Gasteiger partial charge in [-0.05, 0) is 0 Å². The van der Waals surface area contributed by atoms with Crippen molar-refractivity contribution in [2.75, 3.05) is 6.61 Å². The van der Waals surface area contributed by atoms with E-state index >= 15 is 0 Å². The molecule has 0 spiro atoms. The Morgan fingerprint density at radius 1 is 1.33 bits per heavy atom. The van der Waals surface area contributed by atoms with Crippen molar-refractivity contribution in [1.82, 2.24) is 0 Å². The van der Waals surface area contributed by atoms with E-state index < -0.39 is 0 Å². The molecule has 0 aromatic carbocycles. The Kier molecular flexibility index (Phi) is 3.94. The average molecular weight is 278 g/mol. The molecule has 0 amide bonds. The van der Waals surface area contributed by atoms with Gasteiger partial charge in [0.05, 0.1) is 0 Å². The number of aliphatic hydroxyl groups is 1. The Bertz CT molecular complexity index is 372. The molecule has 0 radical (unpaired) electrons. The van der Waals surface area contributed by atoms with Gasteiger partial charge in [-0.3, -0.25) is 0 Å². The topological polar surface area (TPSA) is 20.2 Å². The van der Waals surface area contributed by atoms with Crippen LogP contribution in [0.2, 0.25) is 0 Å². The minimum atomic E-state index is 0.303. The number of hydrogen-bond donors (Lipinski definition) is 1. The number of rotatable bonds is 4. The van der Waals surface area contributed by atoms with Gasteiger partial charge in [-0.15, -0.1) is 0 Å². The van der Waals surface area contributed by atoms with E-state index in [9.17, 15) is 0 Å². The van der Waals surface area contributed by atoms with E-state index in [0.717, 1.165) is 25.7 Å². The Morgan fingerprint density at radius 2 is 2.20 bits per heavy atom. The van der Waals surface area contributed by atoms with Crippen molar-refractivity contribution in [3.8, 4) is 0 Å². The van der Waals surface area contributed by atoms with E-state index in [1.165, 1.54) is 41.4 Å². The SMILES string of the molecule is OCCCC1=[C]([Zr])CC=C1C1=CC=CC1. The van der Waals surface area contributed by atoms with Gasteiger partial charge < -0.3 is 0 Å². The van der Waals surface area contributed by atoms with Gasteiger partial charge in [0.25, 0.3) is 0 Å². The van der Waals surface area contributed by atoms with Crippen molar-refractivity contribution in [3.05, 3.63) is 44.3 Å². The molecule has 77 valence electrons. The summed E-state index contributed by atoms with van der Waals surface area (Å²) in [7, 11) is 0. The first-order valence-electron chi connectivity index (χ1n) is 5.44. The molecular formula is C13H15OZr. The van der Waals surface area contributed by atoms with Crippen LogP contribution in [0, 0.1) is 0 Å². The predicted octanol–water partition coefficient (Wildman–Crippen LogP) is 2.78. The summed E-state index contributed by atoms with van der Waals surface area (Å²) in [6, 6.07) is 0. The molecule has 0 atom stereocenters. The molecule has 0 heterocycles. The van der Waals surface area contributed by atoms with E-state index in [2.05, 4.69) is 24.3 Å². The van der Waals surface area contributed by atoms with Crippen molar-refractivity contribution < 1.29 is 29.8 Å². The Balaban J connectivity index is 2.12. The molecule has 0 aliphatic heterocycles. The third-order valence-electron chi connectivity index (χ3n) is 2.90. The summed E-state index contributed by atoms with van der Waals surface area (Å²) in [5.74, 6) is 0. The van der Waals surface area contributed by atoms with Gasteiger partial charge in [-0.2, -0.15) is 0 Å². The fraction of sp³-hybridized carbons (Fsp3) is 0.385. The third-order valence-corrected chi connectivity index (χ3v) is 4.15. The van der Waals surface area contributed by atoms with Crippen LogP contribution in [0.25, 0.3) is 0 Å². The second kappa shape index (κ2) is 5.23. The molecule has 0 saturated heterocycles. The third kappa shape index (κ3) is 2.49. The fourth-order valence-corrected chi connectivity index (χ4v) is 3.02. The molecule has 0 aromatic heterocycles. The van der Waals surface area contributed by atoms with E-state index in [1.54, 1.807) is 3.28 Å². The molecule has 2 aliphatic rings. The fourth-order valence-electron chi connectivity index (χ4n) is 2.13. The zero-order valence-corrected chi connectivity index (χ0v) is 11.3. The summed E-state index contributed by atoms with van der Waals surface area (Å²) < 4.78 is 1.57. The van der Waals surface area contributed by atoms with Gasteiger partial charge in [-0.1, -0.05) is 0 Å². The van der Waals surface area contributed by atoms with Crippen molar-refractivity contribution in [1.29, 1.82) is 0 Å². The van der Waals surface area contributed by atoms with Crippen LogP contribution in [0.5, 0.6) is 0 Å². The molecule has 0 aromatic rings. The minimum absolute atomic E-state index is 0.303. The van der Waals surface area contributed by atoms with Crippen LogP contribution in [-0.4, -0.2) is 11.7 Å². The average Bonchev–Trinajstić information content (AvgIpc) is 2.84. The maximum atomic E-state index is 8.90. The van der Waals surface area contributed by atoms with Gasteiger partial charge in [0.2, 0.25) is 0 Å². The zero-order chi connectivity index (χ0) is 10.7. The van der Waals surface area contributed by atoms with Crippen molar-refractivity contribution in [2.24, 2.45) is 0 Å². The molecule has 0 unspecified atom stereocenters. The van der Waals surface area contributed by atoms with Gasteiger partial charge in [-0.25, -0.2) is 0 Å². The van der Waals surface area contributed by atoms with E-state index in [-0.39, 0.29) is 0 Å². The number of hydrogen-bond acceptors (Lipinski definition) is 1.